The van der Waals surface area contributed by atoms with Crippen LogP contribution in [0.3, 0.4) is 0 Å². The Morgan fingerprint density at radius 2 is 2.04 bits per heavy atom. The van der Waals surface area contributed by atoms with E-state index in [0.717, 1.165) is 37.9 Å². The van der Waals surface area contributed by atoms with Crippen LogP contribution < -0.4 is 5.32 Å². The summed E-state index contributed by atoms with van der Waals surface area (Å²) in [5, 5.41) is 2.81. The molecule has 0 spiro atoms. The van der Waals surface area contributed by atoms with E-state index in [-0.39, 0.29) is 12.5 Å². The first kappa shape index (κ1) is 17.9. The number of anilines is 1. The molecule has 0 atom stereocenters. The van der Waals surface area contributed by atoms with E-state index in [9.17, 15) is 13.2 Å². The predicted molar refractivity (Wildman–Crippen MR) is 90.0 cm³/mol. The van der Waals surface area contributed by atoms with E-state index in [1.54, 1.807) is 0 Å². The van der Waals surface area contributed by atoms with E-state index in [2.05, 4.69) is 16.3 Å². The Labute approximate surface area is 137 Å². The van der Waals surface area contributed by atoms with Crippen LogP contribution >= 0.6 is 0 Å². The fourth-order valence-corrected chi connectivity index (χ4v) is 3.26. The van der Waals surface area contributed by atoms with Gasteiger partial charge in [-0.2, -0.15) is 8.42 Å². The number of rotatable bonds is 6. The third kappa shape index (κ3) is 6.29. The van der Waals surface area contributed by atoms with Crippen molar-refractivity contribution in [1.29, 1.82) is 0 Å². The second-order valence-electron chi connectivity index (χ2n) is 5.95. The number of nitrogens with one attached hydrogen (secondary N) is 1. The summed E-state index contributed by atoms with van der Waals surface area (Å²) < 4.78 is 26.7. The highest BCUT2D eigenvalue weighted by Gasteiger charge is 2.21. The van der Waals surface area contributed by atoms with Crippen LogP contribution in [-0.4, -0.2) is 51.7 Å². The van der Waals surface area contributed by atoms with Gasteiger partial charge in [-0.3, -0.25) is 8.98 Å². The van der Waals surface area contributed by atoms with E-state index in [0.29, 0.717) is 12.5 Å². The SMILES string of the molecule is CC(=O)Nc1cccc(C2CCN(CCOS(C)(=O)=O)CC2)c1. The fraction of sp³-hybridized carbons (Fsp3) is 0.562. The summed E-state index contributed by atoms with van der Waals surface area (Å²) in [4.78, 5) is 13.4. The molecule has 1 saturated heterocycles. The molecule has 0 aromatic heterocycles. The molecule has 1 N–H and O–H groups in total. The van der Waals surface area contributed by atoms with Crippen LogP contribution in [0.15, 0.2) is 24.3 Å². The van der Waals surface area contributed by atoms with Crippen molar-refractivity contribution in [2.45, 2.75) is 25.7 Å². The quantitative estimate of drug-likeness (QED) is 0.799. The molecule has 0 unspecified atom stereocenters. The van der Waals surface area contributed by atoms with Gasteiger partial charge < -0.3 is 10.2 Å². The van der Waals surface area contributed by atoms with E-state index in [1.165, 1.54) is 12.5 Å². The van der Waals surface area contributed by atoms with Crippen molar-refractivity contribution in [3.8, 4) is 0 Å². The number of amides is 1. The molecule has 1 aromatic carbocycles. The Morgan fingerprint density at radius 3 is 2.65 bits per heavy atom. The van der Waals surface area contributed by atoms with E-state index in [4.69, 9.17) is 4.18 Å². The van der Waals surface area contributed by atoms with Crippen LogP contribution in [-0.2, 0) is 19.1 Å². The maximum Gasteiger partial charge on any atom is 0.264 e. The van der Waals surface area contributed by atoms with Crippen molar-refractivity contribution >= 4 is 21.7 Å². The second-order valence-corrected chi connectivity index (χ2v) is 7.59. The highest BCUT2D eigenvalue weighted by Crippen LogP contribution is 2.29. The van der Waals surface area contributed by atoms with Gasteiger partial charge in [0.1, 0.15) is 0 Å². The lowest BCUT2D eigenvalue weighted by Crippen LogP contribution is -2.35. The molecular weight excluding hydrogens is 316 g/mol. The Balaban J connectivity index is 1.83. The van der Waals surface area contributed by atoms with Crippen LogP contribution in [0.4, 0.5) is 5.69 Å². The molecule has 128 valence electrons. The smallest absolute Gasteiger partial charge is 0.264 e. The first-order valence-corrected chi connectivity index (χ1v) is 9.59. The summed E-state index contributed by atoms with van der Waals surface area (Å²) in [6.07, 6.45) is 3.10. The zero-order valence-electron chi connectivity index (χ0n) is 13.6. The van der Waals surface area contributed by atoms with Crippen molar-refractivity contribution in [3.05, 3.63) is 29.8 Å². The third-order valence-corrected chi connectivity index (χ3v) is 4.57. The van der Waals surface area contributed by atoms with Gasteiger partial charge in [-0.1, -0.05) is 12.1 Å². The summed E-state index contributed by atoms with van der Waals surface area (Å²) in [7, 11) is -3.35. The number of piperidine rings is 1. The van der Waals surface area contributed by atoms with Crippen molar-refractivity contribution < 1.29 is 17.4 Å². The van der Waals surface area contributed by atoms with E-state index in [1.807, 2.05) is 18.2 Å². The summed E-state index contributed by atoms with van der Waals surface area (Å²) in [5.74, 6) is 0.402. The molecule has 0 aliphatic carbocycles. The monoisotopic (exact) mass is 340 g/mol. The number of carbonyl (C=O) groups is 1. The molecule has 7 heteroatoms. The van der Waals surface area contributed by atoms with Crippen molar-refractivity contribution in [2.24, 2.45) is 0 Å². The third-order valence-electron chi connectivity index (χ3n) is 3.97. The van der Waals surface area contributed by atoms with Crippen molar-refractivity contribution in [2.75, 3.05) is 37.8 Å². The van der Waals surface area contributed by atoms with Crippen LogP contribution in [0, 0.1) is 0 Å². The number of hydrogen-bond donors (Lipinski definition) is 1. The minimum Gasteiger partial charge on any atom is -0.326 e. The fourth-order valence-electron chi connectivity index (χ4n) is 2.88. The van der Waals surface area contributed by atoms with Gasteiger partial charge in [0.05, 0.1) is 12.9 Å². The van der Waals surface area contributed by atoms with Gasteiger partial charge in [0, 0.05) is 19.2 Å². The molecule has 0 saturated carbocycles. The highest BCUT2D eigenvalue weighted by atomic mass is 32.2. The zero-order valence-corrected chi connectivity index (χ0v) is 14.4. The molecule has 1 aromatic rings. The maximum absolute atomic E-state index is 11.1. The van der Waals surface area contributed by atoms with Crippen LogP contribution in [0.25, 0.3) is 0 Å². The lowest BCUT2D eigenvalue weighted by atomic mass is 9.89. The molecule has 1 aliphatic heterocycles. The zero-order chi connectivity index (χ0) is 16.9. The summed E-state index contributed by atoms with van der Waals surface area (Å²) in [6.45, 7) is 4.18. The van der Waals surface area contributed by atoms with Gasteiger partial charge in [0.15, 0.2) is 0 Å². The van der Waals surface area contributed by atoms with E-state index < -0.39 is 10.1 Å². The standard InChI is InChI=1S/C16H24N2O4S/c1-13(19)17-16-5-3-4-15(12-16)14-6-8-18(9-7-14)10-11-22-23(2,20)21/h3-5,12,14H,6-11H2,1-2H3,(H,17,19). The minimum absolute atomic E-state index is 0.0668. The summed E-state index contributed by atoms with van der Waals surface area (Å²) in [5.41, 5.74) is 2.07. The van der Waals surface area contributed by atoms with E-state index >= 15 is 0 Å². The minimum atomic E-state index is -3.35. The number of carbonyl (C=O) groups excluding carboxylic acids is 1. The summed E-state index contributed by atoms with van der Waals surface area (Å²) in [6, 6.07) is 7.99. The Kier molecular flexibility index (Phi) is 6.15. The number of benzene rings is 1. The van der Waals surface area contributed by atoms with Gasteiger partial charge in [0.25, 0.3) is 10.1 Å². The molecule has 1 heterocycles. The van der Waals surface area contributed by atoms with Gasteiger partial charge in [-0.25, -0.2) is 0 Å². The Hall–Kier alpha value is -1.44. The molecule has 0 radical (unpaired) electrons. The highest BCUT2D eigenvalue weighted by molar-refractivity contribution is 7.85. The average molecular weight is 340 g/mol. The maximum atomic E-state index is 11.1. The molecule has 6 nitrogen and oxygen atoms in total. The number of likely N-dealkylation sites (tertiary alicyclic amines) is 1. The van der Waals surface area contributed by atoms with Gasteiger partial charge in [-0.15, -0.1) is 0 Å². The number of hydrogen-bond acceptors (Lipinski definition) is 5. The molecule has 1 fully saturated rings. The van der Waals surface area contributed by atoms with Crippen LogP contribution in [0.5, 0.6) is 0 Å². The molecule has 23 heavy (non-hydrogen) atoms. The van der Waals surface area contributed by atoms with Gasteiger partial charge >= 0.3 is 0 Å². The first-order valence-electron chi connectivity index (χ1n) is 7.78. The van der Waals surface area contributed by atoms with Crippen molar-refractivity contribution in [1.82, 2.24) is 4.90 Å². The second kappa shape index (κ2) is 7.90. The first-order chi connectivity index (χ1) is 10.8. The lowest BCUT2D eigenvalue weighted by Gasteiger charge is -2.32. The lowest BCUT2D eigenvalue weighted by molar-refractivity contribution is -0.114. The topological polar surface area (TPSA) is 75.7 Å². The Bertz CT molecular complexity index is 637. The van der Waals surface area contributed by atoms with Gasteiger partial charge in [0.2, 0.25) is 5.91 Å². The molecule has 0 bridgehead atoms. The largest absolute Gasteiger partial charge is 0.326 e. The average Bonchev–Trinajstić information content (AvgIpc) is 2.46. The molecular formula is C16H24N2O4S. The van der Waals surface area contributed by atoms with Crippen LogP contribution in [0.2, 0.25) is 0 Å². The predicted octanol–water partition coefficient (Wildman–Crippen LogP) is 1.80. The molecule has 2 rings (SSSR count). The molecule has 1 amide bonds. The van der Waals surface area contributed by atoms with Crippen molar-refractivity contribution in [3.63, 3.8) is 0 Å². The van der Waals surface area contributed by atoms with Gasteiger partial charge in [-0.05, 0) is 49.5 Å². The Morgan fingerprint density at radius 1 is 1.35 bits per heavy atom. The summed E-state index contributed by atoms with van der Waals surface area (Å²) >= 11 is 0. The number of nitrogens with zero attached hydrogens (tertiary/aromatic N) is 1. The molecule has 1 aliphatic rings. The van der Waals surface area contributed by atoms with Crippen LogP contribution in [0.1, 0.15) is 31.2 Å². The normalized spacial score (nSPS) is 17.1.